The Morgan fingerprint density at radius 1 is 1.47 bits per heavy atom. The third-order valence-corrected chi connectivity index (χ3v) is 2.50. The maximum absolute atomic E-state index is 13.5. The molecule has 0 aliphatic heterocycles. The fraction of sp³-hybridized carbons (Fsp3) is 0.273. The van der Waals surface area contributed by atoms with Crippen molar-refractivity contribution in [2.45, 2.75) is 19.5 Å². The van der Waals surface area contributed by atoms with Gasteiger partial charge in [0.05, 0.1) is 6.04 Å². The van der Waals surface area contributed by atoms with Crippen LogP contribution in [-0.4, -0.2) is 26.1 Å². The van der Waals surface area contributed by atoms with Crippen LogP contribution in [0.25, 0.3) is 0 Å². The van der Waals surface area contributed by atoms with Crippen molar-refractivity contribution >= 4 is 5.91 Å². The Bertz CT molecular complexity index is 572. The van der Waals surface area contributed by atoms with Crippen molar-refractivity contribution in [1.29, 1.82) is 0 Å². The highest BCUT2D eigenvalue weighted by atomic mass is 19.1. The van der Waals surface area contributed by atoms with E-state index >= 15 is 0 Å². The van der Waals surface area contributed by atoms with Crippen LogP contribution in [-0.2, 0) is 11.3 Å². The highest BCUT2D eigenvalue weighted by molar-refractivity contribution is 5.76. The molecule has 1 heterocycles. The smallest absolute Gasteiger partial charge is 0.242 e. The summed E-state index contributed by atoms with van der Waals surface area (Å²) in [6.45, 7) is 1.48. The summed E-state index contributed by atoms with van der Waals surface area (Å²) in [6, 6.07) is 2.44. The van der Waals surface area contributed by atoms with Crippen LogP contribution >= 0.6 is 0 Å². The van der Waals surface area contributed by atoms with Gasteiger partial charge in [-0.3, -0.25) is 4.79 Å². The molecule has 0 saturated carbocycles. The van der Waals surface area contributed by atoms with E-state index in [1.54, 1.807) is 6.92 Å². The second kappa shape index (κ2) is 5.51. The number of aromatic nitrogens is 4. The van der Waals surface area contributed by atoms with Gasteiger partial charge in [-0.2, -0.15) is 0 Å². The fourth-order valence-electron chi connectivity index (χ4n) is 1.61. The standard InChI is InChI=1S/C11H11F2N5O/c1-7(9-4-8(12)2-3-10(9)13)15-11(19)5-18-6-14-16-17-18/h2-4,6-7H,5H2,1H3,(H,15,19). The monoisotopic (exact) mass is 267 g/mol. The zero-order valence-corrected chi connectivity index (χ0v) is 10.0. The molecule has 1 unspecified atom stereocenters. The summed E-state index contributed by atoms with van der Waals surface area (Å²) in [5, 5.41) is 12.8. The molecular weight excluding hydrogens is 256 g/mol. The molecule has 1 N–H and O–H groups in total. The molecule has 0 saturated heterocycles. The van der Waals surface area contributed by atoms with Crippen molar-refractivity contribution in [1.82, 2.24) is 25.5 Å². The van der Waals surface area contributed by atoms with Crippen molar-refractivity contribution in [3.05, 3.63) is 41.7 Å². The highest BCUT2D eigenvalue weighted by Crippen LogP contribution is 2.17. The lowest BCUT2D eigenvalue weighted by Gasteiger charge is -2.15. The molecule has 1 amide bonds. The van der Waals surface area contributed by atoms with Gasteiger partial charge in [-0.25, -0.2) is 13.5 Å². The Morgan fingerprint density at radius 2 is 2.26 bits per heavy atom. The number of nitrogens with one attached hydrogen (secondary N) is 1. The Kier molecular flexibility index (Phi) is 3.79. The lowest BCUT2D eigenvalue weighted by Crippen LogP contribution is -2.30. The number of rotatable bonds is 4. The third-order valence-electron chi connectivity index (χ3n) is 2.50. The third kappa shape index (κ3) is 3.30. The van der Waals surface area contributed by atoms with Gasteiger partial charge >= 0.3 is 0 Å². The van der Waals surface area contributed by atoms with Crippen molar-refractivity contribution in [3.63, 3.8) is 0 Å². The molecule has 0 aliphatic rings. The first-order valence-electron chi connectivity index (χ1n) is 5.51. The number of carbonyl (C=O) groups excluding carboxylic acids is 1. The van der Waals surface area contributed by atoms with E-state index in [2.05, 4.69) is 20.8 Å². The summed E-state index contributed by atoms with van der Waals surface area (Å²) in [4.78, 5) is 11.6. The first kappa shape index (κ1) is 13.1. The molecule has 1 atom stereocenters. The Labute approximate surface area is 107 Å². The molecule has 0 fully saturated rings. The number of benzene rings is 1. The minimum Gasteiger partial charge on any atom is -0.348 e. The first-order chi connectivity index (χ1) is 9.06. The average Bonchev–Trinajstić information content (AvgIpc) is 2.84. The molecular formula is C11H11F2N5O. The molecule has 6 nitrogen and oxygen atoms in total. The number of halogens is 2. The van der Waals surface area contributed by atoms with Crippen LogP contribution in [0.2, 0.25) is 0 Å². The number of nitrogens with zero attached hydrogens (tertiary/aromatic N) is 4. The van der Waals surface area contributed by atoms with Gasteiger partial charge in [0.2, 0.25) is 5.91 Å². The zero-order valence-electron chi connectivity index (χ0n) is 10.0. The van der Waals surface area contributed by atoms with E-state index in [9.17, 15) is 13.6 Å². The van der Waals surface area contributed by atoms with Gasteiger partial charge in [0.15, 0.2) is 0 Å². The van der Waals surface area contributed by atoms with E-state index in [1.165, 1.54) is 11.0 Å². The molecule has 8 heteroatoms. The molecule has 2 rings (SSSR count). The summed E-state index contributed by atoms with van der Waals surface area (Å²) in [7, 11) is 0. The van der Waals surface area contributed by atoms with Crippen LogP contribution in [0.3, 0.4) is 0 Å². The normalized spacial score (nSPS) is 12.2. The quantitative estimate of drug-likeness (QED) is 0.890. The molecule has 0 radical (unpaired) electrons. The summed E-state index contributed by atoms with van der Waals surface area (Å²) < 4.78 is 27.8. The Hall–Kier alpha value is -2.38. The molecule has 0 aliphatic carbocycles. The number of tetrazole rings is 1. The minimum atomic E-state index is -0.653. The minimum absolute atomic E-state index is 0.0880. The van der Waals surface area contributed by atoms with Crippen LogP contribution in [0.15, 0.2) is 24.5 Å². The SMILES string of the molecule is CC(NC(=O)Cn1cnnn1)c1cc(F)ccc1F. The van der Waals surface area contributed by atoms with Crippen molar-refractivity contribution in [2.24, 2.45) is 0 Å². The van der Waals surface area contributed by atoms with Crippen molar-refractivity contribution < 1.29 is 13.6 Å². The van der Waals surface area contributed by atoms with Gasteiger partial charge in [-0.1, -0.05) is 0 Å². The predicted molar refractivity (Wildman–Crippen MR) is 60.7 cm³/mol. The number of carbonyl (C=O) groups is 1. The summed E-state index contributed by atoms with van der Waals surface area (Å²) in [5.41, 5.74) is 0.0880. The Morgan fingerprint density at radius 3 is 2.95 bits per heavy atom. The molecule has 0 spiro atoms. The lowest BCUT2D eigenvalue weighted by atomic mass is 10.1. The van der Waals surface area contributed by atoms with Gasteiger partial charge in [0.1, 0.15) is 24.5 Å². The fourth-order valence-corrected chi connectivity index (χ4v) is 1.61. The largest absolute Gasteiger partial charge is 0.348 e. The van der Waals surface area contributed by atoms with Crippen LogP contribution in [0.1, 0.15) is 18.5 Å². The first-order valence-corrected chi connectivity index (χ1v) is 5.51. The predicted octanol–water partition coefficient (Wildman–Crippen LogP) is 0.829. The second-order valence-electron chi connectivity index (χ2n) is 3.96. The van der Waals surface area contributed by atoms with E-state index in [0.29, 0.717) is 0 Å². The lowest BCUT2D eigenvalue weighted by molar-refractivity contribution is -0.122. The molecule has 0 bridgehead atoms. The van der Waals surface area contributed by atoms with E-state index in [1.807, 2.05) is 0 Å². The van der Waals surface area contributed by atoms with Crippen LogP contribution < -0.4 is 5.32 Å². The van der Waals surface area contributed by atoms with E-state index in [-0.39, 0.29) is 12.1 Å². The summed E-state index contributed by atoms with van der Waals surface area (Å²) >= 11 is 0. The molecule has 1 aromatic heterocycles. The highest BCUT2D eigenvalue weighted by Gasteiger charge is 2.15. The van der Waals surface area contributed by atoms with Gasteiger partial charge in [-0.05, 0) is 35.5 Å². The van der Waals surface area contributed by atoms with E-state index in [0.717, 1.165) is 18.2 Å². The van der Waals surface area contributed by atoms with Crippen LogP contribution in [0.4, 0.5) is 8.78 Å². The average molecular weight is 267 g/mol. The number of hydrogen-bond donors (Lipinski definition) is 1. The van der Waals surface area contributed by atoms with Gasteiger partial charge in [-0.15, -0.1) is 5.10 Å². The van der Waals surface area contributed by atoms with Crippen molar-refractivity contribution in [2.75, 3.05) is 0 Å². The zero-order chi connectivity index (χ0) is 13.8. The van der Waals surface area contributed by atoms with Crippen LogP contribution in [0.5, 0.6) is 0 Å². The van der Waals surface area contributed by atoms with E-state index < -0.39 is 23.6 Å². The molecule has 19 heavy (non-hydrogen) atoms. The number of amides is 1. The van der Waals surface area contributed by atoms with Gasteiger partial charge < -0.3 is 5.32 Å². The molecule has 100 valence electrons. The van der Waals surface area contributed by atoms with Gasteiger partial charge in [0.25, 0.3) is 0 Å². The maximum atomic E-state index is 13.5. The molecule has 2 aromatic rings. The molecule has 1 aromatic carbocycles. The maximum Gasteiger partial charge on any atom is 0.242 e. The van der Waals surface area contributed by atoms with Crippen LogP contribution in [0, 0.1) is 11.6 Å². The van der Waals surface area contributed by atoms with Gasteiger partial charge in [0, 0.05) is 5.56 Å². The summed E-state index contributed by atoms with van der Waals surface area (Å²) in [5.74, 6) is -1.53. The Balaban J connectivity index is 2.02. The topological polar surface area (TPSA) is 72.7 Å². The summed E-state index contributed by atoms with van der Waals surface area (Å²) in [6.07, 6.45) is 1.28. The second-order valence-corrected chi connectivity index (χ2v) is 3.96. The van der Waals surface area contributed by atoms with Crippen molar-refractivity contribution in [3.8, 4) is 0 Å². The number of hydrogen-bond acceptors (Lipinski definition) is 4. The van der Waals surface area contributed by atoms with E-state index in [4.69, 9.17) is 0 Å².